The number of aromatic carboxylic acids is 1. The normalized spacial score (nSPS) is 10.5. The van der Waals surface area contributed by atoms with Gasteiger partial charge < -0.3 is 14.8 Å². The topological polar surface area (TPSA) is 62.5 Å². The fourth-order valence-electron chi connectivity index (χ4n) is 1.60. The van der Waals surface area contributed by atoms with Crippen LogP contribution in [0.15, 0.2) is 28.7 Å². The van der Waals surface area contributed by atoms with Gasteiger partial charge in [0.15, 0.2) is 11.6 Å². The maximum Gasteiger partial charge on any atom is 0.371 e. The number of hydrogen-bond acceptors (Lipinski definition) is 3. The van der Waals surface area contributed by atoms with E-state index in [1.54, 1.807) is 6.92 Å². The van der Waals surface area contributed by atoms with Crippen LogP contribution < -0.4 is 5.32 Å². The van der Waals surface area contributed by atoms with E-state index in [9.17, 15) is 13.6 Å². The lowest BCUT2D eigenvalue weighted by Crippen LogP contribution is -2.00. The molecule has 0 aliphatic heterocycles. The quantitative estimate of drug-likeness (QED) is 0.893. The molecule has 0 spiro atoms. The first-order chi connectivity index (χ1) is 8.97. The highest BCUT2D eigenvalue weighted by molar-refractivity contribution is 5.84. The summed E-state index contributed by atoms with van der Waals surface area (Å²) in [6.07, 6.45) is 0. The molecule has 0 aliphatic rings. The van der Waals surface area contributed by atoms with Gasteiger partial charge in [0.05, 0.1) is 0 Å². The smallest absolute Gasteiger partial charge is 0.371 e. The van der Waals surface area contributed by atoms with Crippen molar-refractivity contribution < 1.29 is 23.1 Å². The Bertz CT molecular complexity index is 622. The lowest BCUT2D eigenvalue weighted by atomic mass is 10.2. The molecular weight excluding hydrogens is 256 g/mol. The van der Waals surface area contributed by atoms with Crippen LogP contribution in [0.5, 0.6) is 0 Å². The number of anilines is 1. The molecule has 19 heavy (non-hydrogen) atoms. The fourth-order valence-corrected chi connectivity index (χ4v) is 1.60. The number of carbonyl (C=O) groups is 1. The van der Waals surface area contributed by atoms with Gasteiger partial charge in [0, 0.05) is 23.9 Å². The molecule has 1 aromatic heterocycles. The van der Waals surface area contributed by atoms with Crippen LogP contribution in [0.3, 0.4) is 0 Å². The SMILES string of the molecule is Cc1oc(C(=O)O)cc1CNc1ccc(F)c(F)c1. The molecule has 4 nitrogen and oxygen atoms in total. The number of hydrogen-bond donors (Lipinski definition) is 2. The van der Waals surface area contributed by atoms with Crippen molar-refractivity contribution >= 4 is 11.7 Å². The predicted octanol–water partition coefficient (Wildman–Crippen LogP) is 3.18. The van der Waals surface area contributed by atoms with Crippen molar-refractivity contribution in [2.45, 2.75) is 13.5 Å². The third-order valence-electron chi connectivity index (χ3n) is 2.63. The zero-order chi connectivity index (χ0) is 14.0. The summed E-state index contributed by atoms with van der Waals surface area (Å²) >= 11 is 0. The average Bonchev–Trinajstić information content (AvgIpc) is 2.73. The Morgan fingerprint density at radius 1 is 1.32 bits per heavy atom. The third-order valence-corrected chi connectivity index (χ3v) is 2.63. The Morgan fingerprint density at radius 3 is 2.63 bits per heavy atom. The summed E-state index contributed by atoms with van der Waals surface area (Å²) in [6.45, 7) is 1.89. The van der Waals surface area contributed by atoms with Crippen molar-refractivity contribution in [3.8, 4) is 0 Å². The Kier molecular flexibility index (Phi) is 3.50. The number of carboxylic acid groups (broad SMARTS) is 1. The second kappa shape index (κ2) is 5.09. The maximum absolute atomic E-state index is 13.0. The molecule has 2 rings (SSSR count). The van der Waals surface area contributed by atoms with E-state index in [0.29, 0.717) is 17.0 Å². The van der Waals surface area contributed by atoms with E-state index in [4.69, 9.17) is 9.52 Å². The van der Waals surface area contributed by atoms with Gasteiger partial charge in [0.2, 0.25) is 5.76 Å². The monoisotopic (exact) mass is 267 g/mol. The largest absolute Gasteiger partial charge is 0.475 e. The number of nitrogens with one attached hydrogen (secondary N) is 1. The summed E-state index contributed by atoms with van der Waals surface area (Å²) in [5.74, 6) is -2.70. The zero-order valence-corrected chi connectivity index (χ0v) is 10.0. The Balaban J connectivity index is 2.09. The lowest BCUT2D eigenvalue weighted by Gasteiger charge is -2.05. The minimum absolute atomic E-state index is 0.153. The first kappa shape index (κ1) is 13.1. The van der Waals surface area contributed by atoms with Crippen molar-refractivity contribution in [2.24, 2.45) is 0 Å². The van der Waals surface area contributed by atoms with Crippen LogP contribution in [0.4, 0.5) is 14.5 Å². The molecular formula is C13H11F2NO3. The molecule has 0 fully saturated rings. The van der Waals surface area contributed by atoms with Crippen molar-refractivity contribution in [1.82, 2.24) is 0 Å². The summed E-state index contributed by atoms with van der Waals surface area (Å²) in [7, 11) is 0. The number of benzene rings is 1. The van der Waals surface area contributed by atoms with E-state index in [1.807, 2.05) is 0 Å². The van der Waals surface area contributed by atoms with Crippen molar-refractivity contribution in [1.29, 1.82) is 0 Å². The highest BCUT2D eigenvalue weighted by Gasteiger charge is 2.13. The van der Waals surface area contributed by atoms with Gasteiger partial charge in [0.1, 0.15) is 5.76 Å². The Hall–Kier alpha value is -2.37. The molecule has 0 bridgehead atoms. The van der Waals surface area contributed by atoms with Crippen LogP contribution in [0.2, 0.25) is 0 Å². The Morgan fingerprint density at radius 2 is 2.05 bits per heavy atom. The van der Waals surface area contributed by atoms with Gasteiger partial charge in [-0.2, -0.15) is 0 Å². The number of halogens is 2. The standard InChI is InChI=1S/C13H11F2NO3/c1-7-8(4-12(19-7)13(17)18)6-16-9-2-3-10(14)11(15)5-9/h2-5,16H,6H2,1H3,(H,17,18). The maximum atomic E-state index is 13.0. The number of furan rings is 1. The van der Waals surface area contributed by atoms with Crippen LogP contribution in [0.25, 0.3) is 0 Å². The Labute approximate surface area is 107 Å². The zero-order valence-electron chi connectivity index (χ0n) is 10.0. The van der Waals surface area contributed by atoms with Crippen molar-refractivity contribution in [2.75, 3.05) is 5.32 Å². The minimum Gasteiger partial charge on any atom is -0.475 e. The molecule has 0 amide bonds. The molecule has 100 valence electrons. The summed E-state index contributed by atoms with van der Waals surface area (Å²) in [6, 6.07) is 4.84. The van der Waals surface area contributed by atoms with E-state index in [-0.39, 0.29) is 12.3 Å². The number of aryl methyl sites for hydroxylation is 1. The molecule has 1 aromatic carbocycles. The predicted molar refractivity (Wildman–Crippen MR) is 64.1 cm³/mol. The highest BCUT2D eigenvalue weighted by atomic mass is 19.2. The van der Waals surface area contributed by atoms with Crippen molar-refractivity contribution in [3.05, 3.63) is 53.0 Å². The highest BCUT2D eigenvalue weighted by Crippen LogP contribution is 2.18. The lowest BCUT2D eigenvalue weighted by molar-refractivity contribution is 0.0661. The van der Waals surface area contributed by atoms with Gasteiger partial charge in [-0.3, -0.25) is 0 Å². The molecule has 0 atom stereocenters. The molecule has 6 heteroatoms. The second-order valence-corrected chi connectivity index (χ2v) is 3.98. The summed E-state index contributed by atoms with van der Waals surface area (Å²) in [5, 5.41) is 11.6. The van der Waals surface area contributed by atoms with Gasteiger partial charge >= 0.3 is 5.97 Å². The number of carboxylic acids is 1. The van der Waals surface area contributed by atoms with Crippen LogP contribution in [-0.4, -0.2) is 11.1 Å². The van der Waals surface area contributed by atoms with Crippen LogP contribution >= 0.6 is 0 Å². The summed E-state index contributed by atoms with van der Waals surface area (Å²) < 4.78 is 30.8. The molecule has 2 aromatic rings. The molecule has 1 heterocycles. The molecule has 0 unspecified atom stereocenters. The van der Waals surface area contributed by atoms with E-state index in [1.165, 1.54) is 12.1 Å². The van der Waals surface area contributed by atoms with Gasteiger partial charge in [-0.25, -0.2) is 13.6 Å². The van der Waals surface area contributed by atoms with Crippen LogP contribution in [-0.2, 0) is 6.54 Å². The molecule has 0 saturated carbocycles. The number of rotatable bonds is 4. The van der Waals surface area contributed by atoms with Gasteiger partial charge in [-0.1, -0.05) is 0 Å². The average molecular weight is 267 g/mol. The molecule has 0 aliphatic carbocycles. The van der Waals surface area contributed by atoms with Crippen molar-refractivity contribution in [3.63, 3.8) is 0 Å². The van der Waals surface area contributed by atoms with Gasteiger partial charge in [-0.05, 0) is 25.1 Å². The van der Waals surface area contributed by atoms with Crippen LogP contribution in [0, 0.1) is 18.6 Å². The first-order valence-corrected chi connectivity index (χ1v) is 5.49. The second-order valence-electron chi connectivity index (χ2n) is 3.98. The van der Waals surface area contributed by atoms with E-state index >= 15 is 0 Å². The molecule has 0 saturated heterocycles. The first-order valence-electron chi connectivity index (χ1n) is 5.49. The fraction of sp³-hybridized carbons (Fsp3) is 0.154. The summed E-state index contributed by atoms with van der Waals surface area (Å²) in [4.78, 5) is 10.7. The van der Waals surface area contributed by atoms with E-state index in [0.717, 1.165) is 12.1 Å². The van der Waals surface area contributed by atoms with E-state index in [2.05, 4.69) is 5.32 Å². The minimum atomic E-state index is -1.15. The van der Waals surface area contributed by atoms with E-state index < -0.39 is 17.6 Å². The van der Waals surface area contributed by atoms with Gasteiger partial charge in [-0.15, -0.1) is 0 Å². The molecule has 2 N–H and O–H groups in total. The van der Waals surface area contributed by atoms with Gasteiger partial charge in [0.25, 0.3) is 0 Å². The third kappa shape index (κ3) is 2.90. The van der Waals surface area contributed by atoms with Crippen LogP contribution in [0.1, 0.15) is 21.9 Å². The summed E-state index contributed by atoms with van der Waals surface area (Å²) in [5.41, 5.74) is 1.04. The molecule has 0 radical (unpaired) electrons.